The molecule has 1 aromatic rings. The molecule has 0 saturated carbocycles. The second kappa shape index (κ2) is 11.2. The van der Waals surface area contributed by atoms with Gasteiger partial charge in [-0.05, 0) is 17.7 Å². The summed E-state index contributed by atoms with van der Waals surface area (Å²) in [7, 11) is 1.65. The molecule has 6 nitrogen and oxygen atoms in total. The van der Waals surface area contributed by atoms with Crippen LogP contribution < -0.4 is 10.6 Å². The molecule has 0 atom stereocenters. The summed E-state index contributed by atoms with van der Waals surface area (Å²) in [5, 5.41) is 5.97. The average Bonchev–Trinajstić information content (AvgIpc) is 2.65. The second-order valence-corrected chi connectivity index (χ2v) is 6.47. The fourth-order valence-corrected chi connectivity index (χ4v) is 2.92. The zero-order valence-corrected chi connectivity index (χ0v) is 15.6. The smallest absolute Gasteiger partial charge is 0.234 e. The molecule has 2 rings (SSSR count). The first-order chi connectivity index (χ1) is 12.2. The first-order valence-electron chi connectivity index (χ1n) is 9.20. The highest BCUT2D eigenvalue weighted by Gasteiger charge is 2.15. The third-order valence-corrected chi connectivity index (χ3v) is 4.60. The van der Waals surface area contributed by atoms with Crippen molar-refractivity contribution >= 4 is 5.91 Å². The zero-order chi connectivity index (χ0) is 17.9. The number of rotatable bonds is 10. The summed E-state index contributed by atoms with van der Waals surface area (Å²) in [4.78, 5) is 16.7. The van der Waals surface area contributed by atoms with Crippen LogP contribution in [0.25, 0.3) is 0 Å². The zero-order valence-electron chi connectivity index (χ0n) is 15.6. The first kappa shape index (κ1) is 19.8. The number of ether oxygens (including phenoxy) is 1. The molecule has 2 N–H and O–H groups in total. The van der Waals surface area contributed by atoms with E-state index < -0.39 is 0 Å². The molecule has 1 saturated heterocycles. The Morgan fingerprint density at radius 1 is 1.08 bits per heavy atom. The number of hydrogen-bond donors (Lipinski definition) is 2. The largest absolute Gasteiger partial charge is 0.383 e. The molecule has 0 spiro atoms. The van der Waals surface area contributed by atoms with Crippen LogP contribution >= 0.6 is 0 Å². The standard InChI is InChI=1S/C19H32N4O2/c1-3-22-9-11-23(12-10-22)16-18-6-4-17(5-7-18)14-21-19(24)15-20-8-13-25-2/h4-7,20H,3,8-16H2,1-2H3,(H,21,24). The highest BCUT2D eigenvalue weighted by molar-refractivity contribution is 5.77. The van der Waals surface area contributed by atoms with Gasteiger partial charge in [-0.2, -0.15) is 0 Å². The van der Waals surface area contributed by atoms with E-state index >= 15 is 0 Å². The molecule has 1 fully saturated rings. The molecule has 1 heterocycles. The van der Waals surface area contributed by atoms with Crippen molar-refractivity contribution in [2.45, 2.75) is 20.0 Å². The maximum atomic E-state index is 11.7. The van der Waals surface area contributed by atoms with Crippen LogP contribution in [0, 0.1) is 0 Å². The number of carbonyl (C=O) groups excluding carboxylic acids is 1. The highest BCUT2D eigenvalue weighted by atomic mass is 16.5. The lowest BCUT2D eigenvalue weighted by molar-refractivity contribution is -0.120. The van der Waals surface area contributed by atoms with Gasteiger partial charge in [0.15, 0.2) is 0 Å². The van der Waals surface area contributed by atoms with Gasteiger partial charge in [0.05, 0.1) is 13.2 Å². The number of carbonyl (C=O) groups is 1. The molecule has 1 aliphatic heterocycles. The predicted octanol–water partition coefficient (Wildman–Crippen LogP) is 0.676. The minimum atomic E-state index is 0.00831. The number of amides is 1. The van der Waals surface area contributed by atoms with Crippen molar-refractivity contribution in [1.29, 1.82) is 0 Å². The number of benzene rings is 1. The van der Waals surface area contributed by atoms with E-state index in [1.54, 1.807) is 7.11 Å². The summed E-state index contributed by atoms with van der Waals surface area (Å²) in [6.07, 6.45) is 0. The molecule has 25 heavy (non-hydrogen) atoms. The number of hydrogen-bond acceptors (Lipinski definition) is 5. The molecule has 0 radical (unpaired) electrons. The summed E-state index contributed by atoms with van der Waals surface area (Å²) in [6, 6.07) is 8.56. The van der Waals surface area contributed by atoms with E-state index in [4.69, 9.17) is 4.74 Å². The van der Waals surface area contributed by atoms with E-state index in [1.807, 2.05) is 0 Å². The van der Waals surface area contributed by atoms with Gasteiger partial charge in [0.25, 0.3) is 0 Å². The van der Waals surface area contributed by atoms with E-state index in [9.17, 15) is 4.79 Å². The van der Waals surface area contributed by atoms with Crippen molar-refractivity contribution in [2.75, 3.05) is 59.5 Å². The minimum absolute atomic E-state index is 0.00831. The fourth-order valence-electron chi connectivity index (χ4n) is 2.92. The van der Waals surface area contributed by atoms with Crippen molar-refractivity contribution in [2.24, 2.45) is 0 Å². The topological polar surface area (TPSA) is 56.8 Å². The molecular formula is C19H32N4O2. The SMILES string of the molecule is CCN1CCN(Cc2ccc(CNC(=O)CNCCOC)cc2)CC1. The number of likely N-dealkylation sites (N-methyl/N-ethyl adjacent to an activating group) is 1. The quantitative estimate of drug-likeness (QED) is 0.609. The highest BCUT2D eigenvalue weighted by Crippen LogP contribution is 2.10. The summed E-state index contributed by atoms with van der Waals surface area (Å²) < 4.78 is 4.93. The Morgan fingerprint density at radius 3 is 2.36 bits per heavy atom. The van der Waals surface area contributed by atoms with Gasteiger partial charge >= 0.3 is 0 Å². The van der Waals surface area contributed by atoms with Crippen LogP contribution in [0.2, 0.25) is 0 Å². The summed E-state index contributed by atoms with van der Waals surface area (Å²) in [5.41, 5.74) is 2.46. The predicted molar refractivity (Wildman–Crippen MR) is 100 cm³/mol. The van der Waals surface area contributed by atoms with Gasteiger partial charge in [-0.25, -0.2) is 0 Å². The summed E-state index contributed by atoms with van der Waals surface area (Å²) in [5.74, 6) is 0.00831. The van der Waals surface area contributed by atoms with Crippen LogP contribution in [0.15, 0.2) is 24.3 Å². The summed E-state index contributed by atoms with van der Waals surface area (Å²) in [6.45, 7) is 11.2. The van der Waals surface area contributed by atoms with Crippen LogP contribution in [0.3, 0.4) is 0 Å². The van der Waals surface area contributed by atoms with Gasteiger partial charge in [0, 0.05) is 52.9 Å². The van der Waals surface area contributed by atoms with E-state index in [0.29, 0.717) is 26.2 Å². The van der Waals surface area contributed by atoms with Crippen LogP contribution in [-0.4, -0.2) is 75.2 Å². The molecule has 0 unspecified atom stereocenters. The van der Waals surface area contributed by atoms with Crippen LogP contribution in [0.1, 0.15) is 18.1 Å². The minimum Gasteiger partial charge on any atom is -0.383 e. The molecule has 0 aliphatic carbocycles. The van der Waals surface area contributed by atoms with E-state index in [-0.39, 0.29) is 5.91 Å². The first-order valence-corrected chi connectivity index (χ1v) is 9.20. The maximum Gasteiger partial charge on any atom is 0.234 e. The molecule has 1 amide bonds. The van der Waals surface area contributed by atoms with Crippen LogP contribution in [-0.2, 0) is 22.6 Å². The van der Waals surface area contributed by atoms with Gasteiger partial charge in [-0.1, -0.05) is 31.2 Å². The molecular weight excluding hydrogens is 316 g/mol. The van der Waals surface area contributed by atoms with Crippen LogP contribution in [0.5, 0.6) is 0 Å². The fraction of sp³-hybridized carbons (Fsp3) is 0.632. The monoisotopic (exact) mass is 348 g/mol. The Bertz CT molecular complexity index is 499. The van der Waals surface area contributed by atoms with Crippen molar-refractivity contribution in [1.82, 2.24) is 20.4 Å². The third kappa shape index (κ3) is 7.52. The van der Waals surface area contributed by atoms with E-state index in [2.05, 4.69) is 51.6 Å². The Balaban J connectivity index is 1.66. The Labute approximate surface area is 151 Å². The number of piperazine rings is 1. The molecule has 0 bridgehead atoms. The van der Waals surface area contributed by atoms with Crippen molar-refractivity contribution in [3.63, 3.8) is 0 Å². The molecule has 1 aliphatic rings. The Kier molecular flexibility index (Phi) is 8.90. The van der Waals surface area contributed by atoms with E-state index in [1.165, 1.54) is 18.7 Å². The average molecular weight is 348 g/mol. The Hall–Kier alpha value is -1.47. The van der Waals surface area contributed by atoms with Crippen LogP contribution in [0.4, 0.5) is 0 Å². The Morgan fingerprint density at radius 2 is 1.72 bits per heavy atom. The third-order valence-electron chi connectivity index (χ3n) is 4.60. The van der Waals surface area contributed by atoms with Gasteiger partial charge in [-0.3, -0.25) is 9.69 Å². The second-order valence-electron chi connectivity index (χ2n) is 6.47. The number of nitrogens with zero attached hydrogens (tertiary/aromatic N) is 2. The maximum absolute atomic E-state index is 11.7. The lowest BCUT2D eigenvalue weighted by atomic mass is 10.1. The van der Waals surface area contributed by atoms with Gasteiger partial charge in [0.1, 0.15) is 0 Å². The lowest BCUT2D eigenvalue weighted by Crippen LogP contribution is -2.45. The number of nitrogens with one attached hydrogen (secondary N) is 2. The molecule has 0 aromatic heterocycles. The number of methoxy groups -OCH3 is 1. The summed E-state index contributed by atoms with van der Waals surface area (Å²) >= 11 is 0. The molecule has 1 aromatic carbocycles. The lowest BCUT2D eigenvalue weighted by Gasteiger charge is -2.34. The normalized spacial score (nSPS) is 16.1. The van der Waals surface area contributed by atoms with Crippen molar-refractivity contribution in [3.05, 3.63) is 35.4 Å². The van der Waals surface area contributed by atoms with Crippen molar-refractivity contribution < 1.29 is 9.53 Å². The van der Waals surface area contributed by atoms with Gasteiger partial charge < -0.3 is 20.3 Å². The van der Waals surface area contributed by atoms with Gasteiger partial charge in [0.2, 0.25) is 5.91 Å². The van der Waals surface area contributed by atoms with E-state index in [0.717, 1.165) is 31.7 Å². The van der Waals surface area contributed by atoms with Gasteiger partial charge in [-0.15, -0.1) is 0 Å². The molecule has 6 heteroatoms. The van der Waals surface area contributed by atoms with Crippen molar-refractivity contribution in [3.8, 4) is 0 Å². The molecule has 140 valence electrons.